The lowest BCUT2D eigenvalue weighted by Crippen LogP contribution is -1.97. The molecule has 6 heteroatoms. The van der Waals surface area contributed by atoms with Gasteiger partial charge in [-0.1, -0.05) is 11.6 Å². The molecule has 0 aliphatic carbocycles. The molecule has 0 amide bonds. The summed E-state index contributed by atoms with van der Waals surface area (Å²) in [5, 5.41) is 15.4. The summed E-state index contributed by atoms with van der Waals surface area (Å²) in [6.07, 6.45) is 0. The molecule has 0 radical (unpaired) electrons. The van der Waals surface area contributed by atoms with Crippen LogP contribution in [0.15, 0.2) is 11.4 Å². The minimum Gasteiger partial charge on any atom is -0.477 e. The van der Waals surface area contributed by atoms with Crippen molar-refractivity contribution in [3.63, 3.8) is 0 Å². The predicted molar refractivity (Wildman–Crippen MR) is 62.9 cm³/mol. The molecule has 2 aromatic rings. The quantitative estimate of drug-likeness (QED) is 0.899. The van der Waals surface area contributed by atoms with E-state index in [4.69, 9.17) is 16.7 Å². The van der Waals surface area contributed by atoms with E-state index in [2.05, 4.69) is 5.10 Å². The maximum Gasteiger partial charge on any atom is 0.345 e. The summed E-state index contributed by atoms with van der Waals surface area (Å²) in [7, 11) is 0. The third kappa shape index (κ3) is 1.72. The summed E-state index contributed by atoms with van der Waals surface area (Å²) >= 11 is 7.19. The molecule has 0 bridgehead atoms. The van der Waals surface area contributed by atoms with E-state index >= 15 is 0 Å². The van der Waals surface area contributed by atoms with Gasteiger partial charge in [0, 0.05) is 5.38 Å². The molecule has 16 heavy (non-hydrogen) atoms. The Kier molecular flexibility index (Phi) is 2.73. The molecular formula is C10H9ClN2O2S. The van der Waals surface area contributed by atoms with Crippen LogP contribution in [0.5, 0.6) is 0 Å². The zero-order valence-corrected chi connectivity index (χ0v) is 10.3. The molecule has 0 fully saturated rings. The molecule has 0 aromatic carbocycles. The SMILES string of the molecule is Cc1nn(-c2csc(C(=O)O)c2)c(C)c1Cl. The molecule has 1 N–H and O–H groups in total. The van der Waals surface area contributed by atoms with Gasteiger partial charge in [0.15, 0.2) is 0 Å². The van der Waals surface area contributed by atoms with Crippen LogP contribution in [0.4, 0.5) is 0 Å². The van der Waals surface area contributed by atoms with Crippen molar-refractivity contribution in [3.8, 4) is 5.69 Å². The number of nitrogens with zero attached hydrogens (tertiary/aromatic N) is 2. The Morgan fingerprint density at radius 3 is 2.69 bits per heavy atom. The Hall–Kier alpha value is -1.33. The van der Waals surface area contributed by atoms with Crippen molar-refractivity contribution in [2.24, 2.45) is 0 Å². The summed E-state index contributed by atoms with van der Waals surface area (Å²) in [5.74, 6) is -0.927. The van der Waals surface area contributed by atoms with Gasteiger partial charge in [0.05, 0.1) is 22.1 Å². The third-order valence-electron chi connectivity index (χ3n) is 2.24. The lowest BCUT2D eigenvalue weighted by molar-refractivity contribution is 0.0702. The van der Waals surface area contributed by atoms with Crippen LogP contribution in [0, 0.1) is 13.8 Å². The molecule has 0 unspecified atom stereocenters. The third-order valence-corrected chi connectivity index (χ3v) is 3.70. The van der Waals surface area contributed by atoms with Crippen molar-refractivity contribution in [2.45, 2.75) is 13.8 Å². The fraction of sp³-hybridized carbons (Fsp3) is 0.200. The van der Waals surface area contributed by atoms with E-state index in [1.807, 2.05) is 13.8 Å². The van der Waals surface area contributed by atoms with Crippen molar-refractivity contribution in [3.05, 3.63) is 32.7 Å². The molecule has 4 nitrogen and oxygen atoms in total. The normalized spacial score (nSPS) is 10.7. The number of hydrogen-bond donors (Lipinski definition) is 1. The number of aromatic nitrogens is 2. The molecule has 0 spiro atoms. The van der Waals surface area contributed by atoms with Crippen molar-refractivity contribution < 1.29 is 9.90 Å². The number of halogens is 1. The van der Waals surface area contributed by atoms with Gasteiger partial charge in [-0.2, -0.15) is 5.10 Å². The van der Waals surface area contributed by atoms with Crippen LogP contribution in [-0.4, -0.2) is 20.9 Å². The maximum absolute atomic E-state index is 10.8. The number of thiophene rings is 1. The summed E-state index contributed by atoms with van der Waals surface area (Å²) in [4.78, 5) is 11.0. The van der Waals surface area contributed by atoms with E-state index in [1.54, 1.807) is 16.1 Å². The fourth-order valence-corrected chi connectivity index (χ4v) is 2.25. The molecule has 0 saturated carbocycles. The second kappa shape index (κ2) is 3.92. The van der Waals surface area contributed by atoms with Crippen LogP contribution < -0.4 is 0 Å². The van der Waals surface area contributed by atoms with Crippen LogP contribution in [0.25, 0.3) is 5.69 Å². The zero-order chi connectivity index (χ0) is 11.9. The lowest BCUT2D eigenvalue weighted by atomic mass is 10.4. The van der Waals surface area contributed by atoms with Gasteiger partial charge in [0.25, 0.3) is 0 Å². The molecule has 0 aliphatic heterocycles. The monoisotopic (exact) mass is 256 g/mol. The van der Waals surface area contributed by atoms with Gasteiger partial charge in [-0.05, 0) is 19.9 Å². The molecule has 84 valence electrons. The number of hydrogen-bond acceptors (Lipinski definition) is 3. The first-order valence-electron chi connectivity index (χ1n) is 4.54. The zero-order valence-electron chi connectivity index (χ0n) is 8.69. The standard InChI is InChI=1S/C10H9ClN2O2S/c1-5-9(11)6(2)13(12-5)7-3-8(10(14)15)16-4-7/h3-4H,1-2H3,(H,14,15). The van der Waals surface area contributed by atoms with E-state index in [0.29, 0.717) is 9.90 Å². The second-order valence-corrected chi connectivity index (χ2v) is 4.66. The summed E-state index contributed by atoms with van der Waals surface area (Å²) in [6.45, 7) is 3.66. The van der Waals surface area contributed by atoms with Crippen LogP contribution in [-0.2, 0) is 0 Å². The average molecular weight is 257 g/mol. The number of carboxylic acid groups (broad SMARTS) is 1. The topological polar surface area (TPSA) is 55.1 Å². The van der Waals surface area contributed by atoms with Gasteiger partial charge in [-0.3, -0.25) is 0 Å². The Balaban J connectivity index is 2.50. The molecule has 2 rings (SSSR count). The molecule has 0 saturated heterocycles. The van der Waals surface area contributed by atoms with Crippen molar-refractivity contribution >= 4 is 28.9 Å². The Morgan fingerprint density at radius 1 is 1.56 bits per heavy atom. The van der Waals surface area contributed by atoms with E-state index in [9.17, 15) is 4.79 Å². The minimum atomic E-state index is -0.927. The van der Waals surface area contributed by atoms with Gasteiger partial charge in [0.2, 0.25) is 0 Å². The largest absolute Gasteiger partial charge is 0.477 e. The Morgan fingerprint density at radius 2 is 2.25 bits per heavy atom. The maximum atomic E-state index is 10.8. The van der Waals surface area contributed by atoms with Gasteiger partial charge in [-0.15, -0.1) is 11.3 Å². The lowest BCUT2D eigenvalue weighted by Gasteiger charge is -1.99. The second-order valence-electron chi connectivity index (χ2n) is 3.37. The highest BCUT2D eigenvalue weighted by atomic mass is 35.5. The van der Waals surface area contributed by atoms with Crippen molar-refractivity contribution in [2.75, 3.05) is 0 Å². The van der Waals surface area contributed by atoms with E-state index in [-0.39, 0.29) is 0 Å². The van der Waals surface area contributed by atoms with Gasteiger partial charge in [-0.25, -0.2) is 9.48 Å². The smallest absolute Gasteiger partial charge is 0.345 e. The molecule has 0 aliphatic rings. The first-order chi connectivity index (χ1) is 7.50. The number of aromatic carboxylic acids is 1. The number of carbonyl (C=O) groups is 1. The van der Waals surface area contributed by atoms with Crippen LogP contribution in [0.2, 0.25) is 5.02 Å². The number of carboxylic acids is 1. The van der Waals surface area contributed by atoms with Crippen LogP contribution >= 0.6 is 22.9 Å². The van der Waals surface area contributed by atoms with E-state index in [1.165, 1.54) is 11.3 Å². The van der Waals surface area contributed by atoms with Gasteiger partial charge >= 0.3 is 5.97 Å². The first kappa shape index (κ1) is 11.2. The van der Waals surface area contributed by atoms with Gasteiger partial charge < -0.3 is 5.11 Å². The summed E-state index contributed by atoms with van der Waals surface area (Å²) in [6, 6.07) is 1.59. The van der Waals surface area contributed by atoms with E-state index in [0.717, 1.165) is 17.1 Å². The van der Waals surface area contributed by atoms with Crippen molar-refractivity contribution in [1.29, 1.82) is 0 Å². The van der Waals surface area contributed by atoms with E-state index < -0.39 is 5.97 Å². The minimum absolute atomic E-state index is 0.290. The predicted octanol–water partition coefficient (Wildman–Crippen LogP) is 2.90. The Labute approximate surface area is 101 Å². The molecule has 2 heterocycles. The van der Waals surface area contributed by atoms with Crippen molar-refractivity contribution in [1.82, 2.24) is 9.78 Å². The molecular weight excluding hydrogens is 248 g/mol. The Bertz CT molecular complexity index is 559. The number of rotatable bonds is 2. The highest BCUT2D eigenvalue weighted by Gasteiger charge is 2.13. The van der Waals surface area contributed by atoms with Crippen LogP contribution in [0.1, 0.15) is 21.1 Å². The summed E-state index contributed by atoms with van der Waals surface area (Å²) < 4.78 is 1.65. The molecule has 0 atom stereocenters. The number of aryl methyl sites for hydroxylation is 1. The highest BCUT2D eigenvalue weighted by molar-refractivity contribution is 7.12. The fourth-order valence-electron chi connectivity index (χ4n) is 1.42. The average Bonchev–Trinajstić information content (AvgIpc) is 2.79. The first-order valence-corrected chi connectivity index (χ1v) is 5.80. The molecule has 2 aromatic heterocycles. The summed E-state index contributed by atoms with van der Waals surface area (Å²) in [5.41, 5.74) is 2.28. The van der Waals surface area contributed by atoms with Crippen LogP contribution in [0.3, 0.4) is 0 Å². The highest BCUT2D eigenvalue weighted by Crippen LogP contribution is 2.25. The van der Waals surface area contributed by atoms with Gasteiger partial charge in [0.1, 0.15) is 4.88 Å².